The molecule has 0 aromatic heterocycles. The van der Waals surface area contributed by atoms with Crippen LogP contribution in [0.25, 0.3) is 0 Å². The summed E-state index contributed by atoms with van der Waals surface area (Å²) in [5.74, 6) is 0.793. The minimum atomic E-state index is -0.0454. The van der Waals surface area contributed by atoms with Gasteiger partial charge in [0.25, 0.3) is 5.91 Å². The molecular weight excluding hydrogens is 430 g/mol. The molecule has 0 unspecified atom stereocenters. The molecule has 4 heteroatoms. The van der Waals surface area contributed by atoms with Gasteiger partial charge >= 0.3 is 0 Å². The van der Waals surface area contributed by atoms with Crippen molar-refractivity contribution in [3.8, 4) is 0 Å². The molecule has 0 aliphatic carbocycles. The molecule has 3 aromatic rings. The molecule has 0 radical (unpaired) electrons. The van der Waals surface area contributed by atoms with Crippen molar-refractivity contribution in [1.29, 1.82) is 0 Å². The third kappa shape index (κ3) is 5.54. The molecular formula is C31H35N3O. The summed E-state index contributed by atoms with van der Waals surface area (Å²) in [5.41, 5.74) is 7.20. The first-order chi connectivity index (χ1) is 17.1. The minimum Gasteiger partial charge on any atom is -0.294 e. The predicted octanol–water partition coefficient (Wildman–Crippen LogP) is 5.94. The maximum atomic E-state index is 13.5. The molecule has 4 nitrogen and oxygen atoms in total. The largest absolute Gasteiger partial charge is 0.294 e. The lowest BCUT2D eigenvalue weighted by atomic mass is 9.90. The number of hydrazone groups is 1. The fraction of sp³-hybridized carbons (Fsp3) is 0.355. The second kappa shape index (κ2) is 10.6. The number of amides is 1. The van der Waals surface area contributed by atoms with Gasteiger partial charge in [0.1, 0.15) is 0 Å². The number of carbonyl (C=O) groups is 1. The molecule has 2 heterocycles. The summed E-state index contributed by atoms with van der Waals surface area (Å²) in [6, 6.07) is 27.5. The summed E-state index contributed by atoms with van der Waals surface area (Å²) < 4.78 is 0. The number of aryl methyl sites for hydroxylation is 2. The minimum absolute atomic E-state index is 0.0454. The van der Waals surface area contributed by atoms with Crippen molar-refractivity contribution in [3.63, 3.8) is 0 Å². The van der Waals surface area contributed by atoms with Crippen LogP contribution in [0.2, 0.25) is 0 Å². The van der Waals surface area contributed by atoms with E-state index in [1.807, 2.05) is 18.2 Å². The summed E-state index contributed by atoms with van der Waals surface area (Å²) in [5, 5.41) is 6.66. The molecule has 35 heavy (non-hydrogen) atoms. The zero-order chi connectivity index (χ0) is 24.2. The van der Waals surface area contributed by atoms with Crippen LogP contribution in [0.1, 0.15) is 53.1 Å². The normalized spacial score (nSPS) is 19.1. The van der Waals surface area contributed by atoms with Gasteiger partial charge in [0.05, 0.1) is 18.3 Å². The van der Waals surface area contributed by atoms with Gasteiger partial charge in [-0.15, -0.1) is 0 Å². The van der Waals surface area contributed by atoms with Gasteiger partial charge in [0, 0.05) is 6.42 Å². The third-order valence-electron chi connectivity index (χ3n) is 7.62. The SMILES string of the molecule is Cc1ccc(C2=NN(C(=O)CN3CCC(Cc4ccccc4)CC3)[C@@H](c3ccccc3)C2)cc1C. The lowest BCUT2D eigenvalue weighted by Crippen LogP contribution is -2.42. The topological polar surface area (TPSA) is 35.9 Å². The fourth-order valence-electron chi connectivity index (χ4n) is 5.33. The predicted molar refractivity (Wildman–Crippen MR) is 142 cm³/mol. The van der Waals surface area contributed by atoms with Crippen LogP contribution >= 0.6 is 0 Å². The first-order valence-electron chi connectivity index (χ1n) is 12.8. The van der Waals surface area contributed by atoms with Crippen LogP contribution in [0.3, 0.4) is 0 Å². The fourth-order valence-corrected chi connectivity index (χ4v) is 5.33. The summed E-state index contributed by atoms with van der Waals surface area (Å²) >= 11 is 0. The van der Waals surface area contributed by atoms with Gasteiger partial charge in [0.2, 0.25) is 0 Å². The molecule has 1 saturated heterocycles. The van der Waals surface area contributed by atoms with Gasteiger partial charge in [-0.05, 0) is 86.0 Å². The van der Waals surface area contributed by atoms with E-state index in [1.165, 1.54) is 16.7 Å². The maximum absolute atomic E-state index is 13.5. The van der Waals surface area contributed by atoms with E-state index in [1.54, 1.807) is 5.01 Å². The highest BCUT2D eigenvalue weighted by molar-refractivity contribution is 6.03. The van der Waals surface area contributed by atoms with Crippen LogP contribution in [0.5, 0.6) is 0 Å². The molecule has 1 atom stereocenters. The number of carbonyl (C=O) groups excluding carboxylic acids is 1. The van der Waals surface area contributed by atoms with Crippen molar-refractivity contribution in [2.45, 2.75) is 45.6 Å². The van der Waals surface area contributed by atoms with Crippen LogP contribution in [-0.4, -0.2) is 41.2 Å². The second-order valence-corrected chi connectivity index (χ2v) is 10.1. The van der Waals surface area contributed by atoms with E-state index in [0.29, 0.717) is 12.5 Å². The number of hydrogen-bond acceptors (Lipinski definition) is 3. The van der Waals surface area contributed by atoms with Gasteiger partial charge < -0.3 is 0 Å². The Morgan fingerprint density at radius 3 is 2.26 bits per heavy atom. The highest BCUT2D eigenvalue weighted by atomic mass is 16.2. The van der Waals surface area contributed by atoms with Crippen LogP contribution < -0.4 is 0 Å². The quantitative estimate of drug-likeness (QED) is 0.452. The number of nitrogens with zero attached hydrogens (tertiary/aromatic N) is 3. The number of benzene rings is 3. The molecule has 0 spiro atoms. The van der Waals surface area contributed by atoms with Crippen molar-refractivity contribution in [2.24, 2.45) is 11.0 Å². The van der Waals surface area contributed by atoms with E-state index in [9.17, 15) is 4.79 Å². The average molecular weight is 466 g/mol. The first kappa shape index (κ1) is 23.5. The van der Waals surface area contributed by atoms with Crippen molar-refractivity contribution < 1.29 is 4.79 Å². The molecule has 2 aliphatic rings. The van der Waals surface area contributed by atoms with Crippen LogP contribution in [0.4, 0.5) is 0 Å². The Morgan fingerprint density at radius 1 is 0.886 bits per heavy atom. The van der Waals surface area contributed by atoms with E-state index >= 15 is 0 Å². The first-order valence-corrected chi connectivity index (χ1v) is 12.8. The van der Waals surface area contributed by atoms with E-state index in [2.05, 4.69) is 79.4 Å². The van der Waals surface area contributed by atoms with Crippen molar-refractivity contribution in [1.82, 2.24) is 9.91 Å². The van der Waals surface area contributed by atoms with Gasteiger partial charge in [-0.3, -0.25) is 9.69 Å². The van der Waals surface area contributed by atoms with E-state index in [-0.39, 0.29) is 11.9 Å². The van der Waals surface area contributed by atoms with Crippen molar-refractivity contribution >= 4 is 11.6 Å². The molecule has 0 bridgehead atoms. The van der Waals surface area contributed by atoms with Crippen molar-refractivity contribution in [2.75, 3.05) is 19.6 Å². The lowest BCUT2D eigenvalue weighted by molar-refractivity contribution is -0.134. The van der Waals surface area contributed by atoms with E-state index in [0.717, 1.165) is 55.6 Å². The Morgan fingerprint density at radius 2 is 1.57 bits per heavy atom. The highest BCUT2D eigenvalue weighted by Gasteiger charge is 2.34. The highest BCUT2D eigenvalue weighted by Crippen LogP contribution is 2.33. The van der Waals surface area contributed by atoms with E-state index in [4.69, 9.17) is 5.10 Å². The maximum Gasteiger partial charge on any atom is 0.257 e. The Balaban J connectivity index is 1.27. The second-order valence-electron chi connectivity index (χ2n) is 10.1. The standard InChI is InChI=1S/C31H35N3O/c1-23-13-14-28(19-24(23)2)29-21-30(27-11-7-4-8-12-27)34(32-29)31(35)22-33-17-15-26(16-18-33)20-25-9-5-3-6-10-25/h3-14,19,26,30H,15-18,20-22H2,1-2H3/t30-/m1/s1. The molecule has 1 amide bonds. The van der Waals surface area contributed by atoms with Crippen LogP contribution in [0, 0.1) is 19.8 Å². The molecule has 0 saturated carbocycles. The van der Waals surface area contributed by atoms with Gasteiger partial charge in [-0.25, -0.2) is 5.01 Å². The Hall–Kier alpha value is -3.24. The number of likely N-dealkylation sites (tertiary alicyclic amines) is 1. The summed E-state index contributed by atoms with van der Waals surface area (Å²) in [4.78, 5) is 15.9. The van der Waals surface area contributed by atoms with Crippen molar-refractivity contribution in [3.05, 3.63) is 107 Å². The Bertz CT molecular complexity index is 1180. The molecule has 2 aliphatic heterocycles. The Kier molecular flexibility index (Phi) is 7.10. The monoisotopic (exact) mass is 465 g/mol. The molecule has 1 fully saturated rings. The third-order valence-corrected chi connectivity index (χ3v) is 7.62. The smallest absolute Gasteiger partial charge is 0.257 e. The zero-order valence-corrected chi connectivity index (χ0v) is 20.9. The summed E-state index contributed by atoms with van der Waals surface area (Å²) in [7, 11) is 0. The van der Waals surface area contributed by atoms with Gasteiger partial charge in [-0.2, -0.15) is 5.10 Å². The summed E-state index contributed by atoms with van der Waals surface area (Å²) in [6.07, 6.45) is 4.16. The number of hydrogen-bond donors (Lipinski definition) is 0. The zero-order valence-electron chi connectivity index (χ0n) is 20.9. The molecule has 3 aromatic carbocycles. The van der Waals surface area contributed by atoms with Gasteiger partial charge in [-0.1, -0.05) is 72.8 Å². The Labute approximate surface area is 209 Å². The molecule has 5 rings (SSSR count). The van der Waals surface area contributed by atoms with E-state index < -0.39 is 0 Å². The van der Waals surface area contributed by atoms with Gasteiger partial charge in [0.15, 0.2) is 0 Å². The van der Waals surface area contributed by atoms with Crippen LogP contribution in [-0.2, 0) is 11.2 Å². The lowest BCUT2D eigenvalue weighted by Gasteiger charge is -2.33. The number of piperidine rings is 1. The number of rotatable bonds is 6. The van der Waals surface area contributed by atoms with Crippen LogP contribution in [0.15, 0.2) is 84.0 Å². The molecule has 180 valence electrons. The average Bonchev–Trinajstić information content (AvgIpc) is 3.34. The molecule has 0 N–H and O–H groups in total. The summed E-state index contributed by atoms with van der Waals surface area (Å²) in [6.45, 7) is 6.64.